The smallest absolute Gasteiger partial charge is 0.333 e. The third-order valence-corrected chi connectivity index (χ3v) is 12.9. The molecule has 3 aromatic rings. The Morgan fingerprint density at radius 3 is 2.16 bits per heavy atom. The van der Waals surface area contributed by atoms with Crippen molar-refractivity contribution in [2.45, 2.75) is 107 Å². The van der Waals surface area contributed by atoms with Crippen molar-refractivity contribution < 1.29 is 50.1 Å². The van der Waals surface area contributed by atoms with Crippen molar-refractivity contribution in [3.05, 3.63) is 129 Å². The van der Waals surface area contributed by atoms with Crippen LogP contribution >= 0.6 is 0 Å². The molecule has 1 fully saturated rings. The number of non-ortho nitro benzene ring substituents is 1. The van der Waals surface area contributed by atoms with Gasteiger partial charge in [0, 0.05) is 72.4 Å². The molecule has 0 radical (unpaired) electrons. The highest BCUT2D eigenvalue weighted by atomic mass is 32.2. The number of carbonyl (C=O) groups is 3. The minimum Gasteiger partial charge on any atom is -0.344 e. The average molecular weight is 905 g/mol. The van der Waals surface area contributed by atoms with Crippen LogP contribution in [0.15, 0.2) is 112 Å². The number of hydroxylamine groups is 2. The van der Waals surface area contributed by atoms with E-state index in [1.807, 2.05) is 52.8 Å². The van der Waals surface area contributed by atoms with Gasteiger partial charge in [-0.1, -0.05) is 70.5 Å². The lowest BCUT2D eigenvalue weighted by atomic mass is 9.77. The van der Waals surface area contributed by atoms with E-state index in [0.29, 0.717) is 67.1 Å². The number of unbranched alkanes of at least 4 members (excludes halogenated alkanes) is 2. The Balaban J connectivity index is 1.38. The summed E-state index contributed by atoms with van der Waals surface area (Å²) in [5, 5.41) is 11.6. The number of fused-ring (bicyclic) bond motifs is 1. The second kappa shape index (κ2) is 19.7. The number of hydrogen-bond donors (Lipinski definition) is 2. The number of allylic oxidation sites excluding steroid dienone is 6. The summed E-state index contributed by atoms with van der Waals surface area (Å²) in [6.07, 6.45) is 12.0. The molecule has 0 aromatic heterocycles. The highest BCUT2D eigenvalue weighted by Crippen LogP contribution is 2.48. The molecular formula is C45H52N4O12S2. The molecule has 0 spiro atoms. The van der Waals surface area contributed by atoms with Crippen LogP contribution in [0.1, 0.15) is 94.9 Å². The summed E-state index contributed by atoms with van der Waals surface area (Å²) < 4.78 is 68.2. The highest BCUT2D eigenvalue weighted by molar-refractivity contribution is 7.86. The van der Waals surface area contributed by atoms with E-state index < -0.39 is 53.8 Å². The molecule has 63 heavy (non-hydrogen) atoms. The number of nitro groups is 1. The topological polar surface area (TPSA) is 231 Å². The molecule has 0 unspecified atom stereocenters. The predicted octanol–water partition coefficient (Wildman–Crippen LogP) is 7.71. The Labute approximate surface area is 367 Å². The molecule has 2 aliphatic heterocycles. The molecule has 3 aromatic carbocycles. The van der Waals surface area contributed by atoms with E-state index in [4.69, 9.17) is 9.83 Å². The number of hydrogen-bond acceptors (Lipinski definition) is 12. The lowest BCUT2D eigenvalue weighted by Gasteiger charge is -2.28. The van der Waals surface area contributed by atoms with E-state index in [1.165, 1.54) is 36.4 Å². The molecule has 5 rings (SSSR count). The van der Waals surface area contributed by atoms with E-state index in [0.717, 1.165) is 22.5 Å². The number of rotatable bonds is 19. The fourth-order valence-corrected chi connectivity index (χ4v) is 8.75. The van der Waals surface area contributed by atoms with Gasteiger partial charge < -0.3 is 9.74 Å². The zero-order chi connectivity index (χ0) is 46.3. The van der Waals surface area contributed by atoms with Crippen molar-refractivity contribution in [3.63, 3.8) is 0 Å². The van der Waals surface area contributed by atoms with E-state index in [1.54, 1.807) is 36.4 Å². The van der Waals surface area contributed by atoms with Gasteiger partial charge in [0.1, 0.15) is 0 Å². The van der Waals surface area contributed by atoms with Gasteiger partial charge in [0.2, 0.25) is 0 Å². The maximum Gasteiger partial charge on any atom is 0.333 e. The molecule has 0 saturated carbocycles. The Morgan fingerprint density at radius 1 is 0.889 bits per heavy atom. The second-order valence-corrected chi connectivity index (χ2v) is 19.3. The third kappa shape index (κ3) is 11.8. The van der Waals surface area contributed by atoms with Crippen LogP contribution in [0.4, 0.5) is 11.4 Å². The highest BCUT2D eigenvalue weighted by Gasteiger charge is 2.40. The number of imide groups is 1. The van der Waals surface area contributed by atoms with Gasteiger partial charge in [-0.25, -0.2) is 4.79 Å². The third-order valence-electron chi connectivity index (χ3n) is 11.2. The van der Waals surface area contributed by atoms with Gasteiger partial charge in [-0.15, -0.1) is 5.06 Å². The van der Waals surface area contributed by atoms with Crippen LogP contribution in [0.3, 0.4) is 0 Å². The van der Waals surface area contributed by atoms with Gasteiger partial charge in [-0.05, 0) is 97.3 Å². The Hall–Kier alpha value is -5.82. The van der Waals surface area contributed by atoms with Gasteiger partial charge >= 0.3 is 5.97 Å². The summed E-state index contributed by atoms with van der Waals surface area (Å²) in [6.45, 7) is 10.4. The number of nitro benzene ring substituents is 1. The molecule has 0 bridgehead atoms. The number of nitrogens with zero attached hydrogens (tertiary/aromatic N) is 4. The van der Waals surface area contributed by atoms with Crippen molar-refractivity contribution in [3.8, 4) is 0 Å². The van der Waals surface area contributed by atoms with Gasteiger partial charge in [0.25, 0.3) is 37.7 Å². The first-order valence-electron chi connectivity index (χ1n) is 20.4. The van der Waals surface area contributed by atoms with Crippen molar-refractivity contribution in [2.24, 2.45) is 4.99 Å². The predicted molar refractivity (Wildman–Crippen MR) is 236 cm³/mol. The Kier molecular flexibility index (Phi) is 15.1. The van der Waals surface area contributed by atoms with Crippen LogP contribution < -0.4 is 4.90 Å². The van der Waals surface area contributed by atoms with Crippen molar-refractivity contribution >= 4 is 55.1 Å². The standard InChI is InChI=1S/C45H52N4O12S2/c1-31-17-22-34(62(55,56)57)29-36(31)44(2,3)39(46-27-12-13-32-18-20-33(21-19-32)49(53)54)14-8-6-9-15-40-45(4,5)37-30-35(63(58,59)60)23-24-38(37)47(40)28-11-7-10-16-43(52)61-48-41(50)25-26-42(48)51/h6,8-9,14-15,17-24,29-30H,7,10-13,16,25-28H2,1-5H3,(H,55,56,57)(H,58,59,60)/b9-6+,14-8+,40-15+,46-39+. The molecule has 18 heteroatoms. The zero-order valence-electron chi connectivity index (χ0n) is 35.8. The lowest BCUT2D eigenvalue weighted by molar-refractivity contribution is -0.384. The summed E-state index contributed by atoms with van der Waals surface area (Å²) in [5.41, 5.74) is 3.68. The number of aliphatic imine (C=N–C) groups is 1. The minimum atomic E-state index is -4.49. The fraction of sp³-hybridized carbons (Fsp3) is 0.378. The molecule has 336 valence electrons. The quantitative estimate of drug-likeness (QED) is 0.0224. The fourth-order valence-electron chi connectivity index (χ4n) is 7.73. The van der Waals surface area contributed by atoms with Crippen LogP contribution in [0.5, 0.6) is 0 Å². The molecule has 2 amide bonds. The first-order valence-corrected chi connectivity index (χ1v) is 23.3. The van der Waals surface area contributed by atoms with E-state index >= 15 is 0 Å². The van der Waals surface area contributed by atoms with Gasteiger partial charge in [0.05, 0.1) is 14.7 Å². The van der Waals surface area contributed by atoms with Crippen molar-refractivity contribution in [1.82, 2.24) is 5.06 Å². The summed E-state index contributed by atoms with van der Waals surface area (Å²) in [4.78, 5) is 58.1. The van der Waals surface area contributed by atoms with Crippen molar-refractivity contribution in [1.29, 1.82) is 0 Å². The second-order valence-electron chi connectivity index (χ2n) is 16.5. The number of carbonyl (C=O) groups excluding carboxylic acids is 3. The van der Waals surface area contributed by atoms with Crippen LogP contribution in [0.25, 0.3) is 0 Å². The molecule has 1 saturated heterocycles. The normalized spacial score (nSPS) is 16.5. The SMILES string of the molecule is Cc1ccc(S(=O)(=O)O)cc1C(C)(C)C(/C=C/C=C/C=C1/N(CCCCCC(=O)ON2C(=O)CCC2=O)c2ccc(S(=O)(=O)O)cc2C1(C)C)=N/CCCc1ccc([N+](=O)[O-])cc1. The summed E-state index contributed by atoms with van der Waals surface area (Å²) >= 11 is 0. The number of benzene rings is 3. The van der Waals surface area contributed by atoms with Gasteiger partial charge in [-0.2, -0.15) is 16.8 Å². The maximum atomic E-state index is 12.3. The van der Waals surface area contributed by atoms with E-state index in [-0.39, 0.29) is 34.7 Å². The summed E-state index contributed by atoms with van der Waals surface area (Å²) in [6, 6.07) is 15.2. The molecule has 2 aliphatic rings. The number of aryl methyl sites for hydroxylation is 2. The zero-order valence-corrected chi connectivity index (χ0v) is 37.4. The average Bonchev–Trinajstić information content (AvgIpc) is 3.63. The molecule has 16 nitrogen and oxygen atoms in total. The summed E-state index contributed by atoms with van der Waals surface area (Å²) in [5.74, 6) is -1.77. The van der Waals surface area contributed by atoms with E-state index in [2.05, 4.69) is 4.90 Å². The van der Waals surface area contributed by atoms with Crippen LogP contribution in [0.2, 0.25) is 0 Å². The van der Waals surface area contributed by atoms with Crippen LogP contribution in [-0.2, 0) is 56.7 Å². The van der Waals surface area contributed by atoms with Crippen LogP contribution in [0, 0.1) is 17.0 Å². The Bertz CT molecular complexity index is 2600. The molecule has 0 atom stereocenters. The first kappa shape index (κ1) is 48.2. The minimum absolute atomic E-state index is 0.00203. The largest absolute Gasteiger partial charge is 0.344 e. The lowest BCUT2D eigenvalue weighted by Crippen LogP contribution is -2.32. The number of amides is 2. The first-order chi connectivity index (χ1) is 29.5. The van der Waals surface area contributed by atoms with Gasteiger partial charge in [-0.3, -0.25) is 33.8 Å². The van der Waals surface area contributed by atoms with Gasteiger partial charge in [0.15, 0.2) is 0 Å². The maximum absolute atomic E-state index is 12.3. The van der Waals surface area contributed by atoms with Crippen molar-refractivity contribution in [2.75, 3.05) is 18.0 Å². The molecule has 2 heterocycles. The number of anilines is 1. The Morgan fingerprint density at radius 2 is 1.52 bits per heavy atom. The molecule has 2 N–H and O–H groups in total. The van der Waals surface area contributed by atoms with E-state index in [9.17, 15) is 50.4 Å². The summed E-state index contributed by atoms with van der Waals surface area (Å²) in [7, 11) is -8.98. The molecule has 0 aliphatic carbocycles. The van der Waals surface area contributed by atoms with Crippen LogP contribution in [-0.4, -0.2) is 72.5 Å². The molecular weight excluding hydrogens is 853 g/mol. The monoisotopic (exact) mass is 904 g/mol.